The van der Waals surface area contributed by atoms with Gasteiger partial charge in [0.05, 0.1) is 24.0 Å². The zero-order chi connectivity index (χ0) is 22.8. The molecule has 1 saturated heterocycles. The van der Waals surface area contributed by atoms with Crippen molar-refractivity contribution in [1.82, 2.24) is 20.1 Å². The Morgan fingerprint density at radius 3 is 2.88 bits per heavy atom. The molecule has 3 heterocycles. The molecule has 6 nitrogen and oxygen atoms in total. The summed E-state index contributed by atoms with van der Waals surface area (Å²) in [6.07, 6.45) is 7.77. The summed E-state index contributed by atoms with van der Waals surface area (Å²) in [5, 5.41) is 12.4. The van der Waals surface area contributed by atoms with E-state index in [0.717, 1.165) is 44.7 Å². The highest BCUT2D eigenvalue weighted by Crippen LogP contribution is 2.32. The Labute approximate surface area is 194 Å². The fourth-order valence-corrected chi connectivity index (χ4v) is 4.91. The zero-order valence-electron chi connectivity index (χ0n) is 18.8. The minimum Gasteiger partial charge on any atom is -0.473 e. The van der Waals surface area contributed by atoms with Crippen LogP contribution < -0.4 is 10.1 Å². The number of hydrogen-bond acceptors (Lipinski definition) is 6. The molecule has 7 heteroatoms. The van der Waals surface area contributed by atoms with Crippen molar-refractivity contribution >= 4 is 0 Å². The van der Waals surface area contributed by atoms with E-state index in [4.69, 9.17) is 15.0 Å². The van der Waals surface area contributed by atoms with Gasteiger partial charge in [0.1, 0.15) is 12.4 Å². The van der Waals surface area contributed by atoms with Crippen LogP contribution in [0.15, 0.2) is 59.9 Å². The molecule has 1 aliphatic carbocycles. The van der Waals surface area contributed by atoms with Crippen LogP contribution in [-0.2, 0) is 6.61 Å². The average molecular weight is 446 g/mol. The first kappa shape index (κ1) is 21.5. The van der Waals surface area contributed by atoms with Gasteiger partial charge in [0.25, 0.3) is 0 Å². The van der Waals surface area contributed by atoms with Crippen molar-refractivity contribution in [3.63, 3.8) is 0 Å². The highest BCUT2D eigenvalue weighted by molar-refractivity contribution is 5.34. The number of halogens is 1. The van der Waals surface area contributed by atoms with E-state index in [1.807, 2.05) is 18.2 Å². The molecule has 0 saturated carbocycles. The second kappa shape index (κ2) is 9.24. The van der Waals surface area contributed by atoms with Gasteiger partial charge < -0.3 is 15.0 Å². The van der Waals surface area contributed by atoms with E-state index in [-0.39, 0.29) is 6.61 Å². The van der Waals surface area contributed by atoms with Crippen LogP contribution in [-0.4, -0.2) is 47.6 Å². The molecule has 3 aliphatic rings. The van der Waals surface area contributed by atoms with Crippen molar-refractivity contribution in [3.05, 3.63) is 82.6 Å². The van der Waals surface area contributed by atoms with Crippen LogP contribution in [0, 0.1) is 17.1 Å². The molecule has 2 aliphatic heterocycles. The Bertz CT molecular complexity index is 1130. The number of aromatic nitrogens is 1. The van der Waals surface area contributed by atoms with Crippen LogP contribution >= 0.6 is 0 Å². The maximum Gasteiger partial charge on any atom is 0.213 e. The van der Waals surface area contributed by atoms with Crippen LogP contribution in [0.2, 0.25) is 0 Å². The van der Waals surface area contributed by atoms with Gasteiger partial charge >= 0.3 is 0 Å². The quantitative estimate of drug-likeness (QED) is 0.754. The topological polar surface area (TPSA) is 64.4 Å². The van der Waals surface area contributed by atoms with Crippen LogP contribution in [0.25, 0.3) is 0 Å². The number of likely N-dealkylation sites (N-methyl/N-ethyl adjacent to an activating group) is 1. The van der Waals surface area contributed by atoms with Gasteiger partial charge in [0.15, 0.2) is 0 Å². The molecule has 0 amide bonds. The molecule has 1 atom stereocenters. The molecule has 170 valence electrons. The lowest BCUT2D eigenvalue weighted by atomic mass is 9.91. The van der Waals surface area contributed by atoms with Gasteiger partial charge in [-0.25, -0.2) is 9.37 Å². The van der Waals surface area contributed by atoms with Crippen LogP contribution in [0.5, 0.6) is 5.88 Å². The van der Waals surface area contributed by atoms with E-state index in [2.05, 4.69) is 40.4 Å². The Hall–Kier alpha value is -3.37. The van der Waals surface area contributed by atoms with Gasteiger partial charge in [-0.2, -0.15) is 5.26 Å². The summed E-state index contributed by atoms with van der Waals surface area (Å²) in [7, 11) is 2.12. The van der Waals surface area contributed by atoms with E-state index >= 15 is 0 Å². The number of nitriles is 1. The lowest BCUT2D eigenvalue weighted by molar-refractivity contribution is 0.173. The van der Waals surface area contributed by atoms with Gasteiger partial charge in [0, 0.05) is 48.4 Å². The summed E-state index contributed by atoms with van der Waals surface area (Å²) in [4.78, 5) is 9.54. The Balaban J connectivity index is 1.16. The first-order chi connectivity index (χ1) is 16.1. The molecule has 1 aromatic carbocycles. The maximum absolute atomic E-state index is 14.1. The third-order valence-corrected chi connectivity index (χ3v) is 6.86. The van der Waals surface area contributed by atoms with Gasteiger partial charge in [-0.05, 0) is 50.2 Å². The molecular formula is C26H28FN5O. The standard InChI is InChI=1S/C26H28FN5O/c1-31-17-29-24-14-21(7-8-25(24)31)32-11-9-19(10-12-32)23-3-2-4-26(30-23)33-16-20-6-5-18(15-28)13-22(20)27/h2-8,13,19,21,29H,9-12,14,16-17H2,1H3/t21-/m0/s1. The molecule has 1 aromatic heterocycles. The Kier molecular flexibility index (Phi) is 6.01. The first-order valence-electron chi connectivity index (χ1n) is 11.5. The SMILES string of the molecule is CN1CNC2=C1C=C[C@H](N1CCC(c3cccc(OCc4ccc(C#N)cc4F)n3)CC1)C2. The summed E-state index contributed by atoms with van der Waals surface area (Å²) in [6, 6.07) is 12.6. The predicted octanol–water partition coefficient (Wildman–Crippen LogP) is 3.88. The number of allylic oxidation sites excluding steroid dienone is 1. The summed E-state index contributed by atoms with van der Waals surface area (Å²) in [5.74, 6) is 0.469. The number of nitrogens with zero attached hydrogens (tertiary/aromatic N) is 4. The van der Waals surface area contributed by atoms with Crippen molar-refractivity contribution in [3.8, 4) is 11.9 Å². The molecule has 0 radical (unpaired) electrons. The van der Waals surface area contributed by atoms with Crippen molar-refractivity contribution in [2.24, 2.45) is 0 Å². The minimum atomic E-state index is -0.434. The smallest absolute Gasteiger partial charge is 0.213 e. The fraction of sp³-hybridized carbons (Fsp3) is 0.385. The van der Waals surface area contributed by atoms with Crippen molar-refractivity contribution in [1.29, 1.82) is 5.26 Å². The maximum atomic E-state index is 14.1. The summed E-state index contributed by atoms with van der Waals surface area (Å²) in [6.45, 7) is 3.07. The molecular weight excluding hydrogens is 417 g/mol. The average Bonchev–Trinajstić information content (AvgIpc) is 3.23. The fourth-order valence-electron chi connectivity index (χ4n) is 4.91. The number of hydrogen-bond donors (Lipinski definition) is 1. The van der Waals surface area contributed by atoms with E-state index in [1.54, 1.807) is 12.1 Å². The van der Waals surface area contributed by atoms with Crippen molar-refractivity contribution in [2.75, 3.05) is 26.8 Å². The highest BCUT2D eigenvalue weighted by Gasteiger charge is 2.30. The lowest BCUT2D eigenvalue weighted by Gasteiger charge is -2.37. The predicted molar refractivity (Wildman–Crippen MR) is 124 cm³/mol. The first-order valence-corrected chi connectivity index (χ1v) is 11.5. The van der Waals surface area contributed by atoms with Crippen molar-refractivity contribution in [2.45, 2.75) is 37.8 Å². The van der Waals surface area contributed by atoms with Crippen LogP contribution in [0.4, 0.5) is 4.39 Å². The number of benzene rings is 1. The van der Waals surface area contributed by atoms with Gasteiger partial charge in [-0.1, -0.05) is 18.2 Å². The molecule has 0 spiro atoms. The van der Waals surface area contributed by atoms with Crippen LogP contribution in [0.1, 0.15) is 42.0 Å². The van der Waals surface area contributed by atoms with E-state index in [9.17, 15) is 4.39 Å². The summed E-state index contributed by atoms with van der Waals surface area (Å²) >= 11 is 0. The third kappa shape index (κ3) is 4.57. The summed E-state index contributed by atoms with van der Waals surface area (Å²) < 4.78 is 19.9. The van der Waals surface area contributed by atoms with Gasteiger partial charge in [0.2, 0.25) is 5.88 Å². The Morgan fingerprint density at radius 1 is 1.24 bits per heavy atom. The second-order valence-corrected chi connectivity index (χ2v) is 8.94. The third-order valence-electron chi connectivity index (χ3n) is 6.86. The molecule has 0 bridgehead atoms. The molecule has 0 unspecified atom stereocenters. The number of rotatable bonds is 5. The Morgan fingerprint density at radius 2 is 2.09 bits per heavy atom. The van der Waals surface area contributed by atoms with Crippen molar-refractivity contribution < 1.29 is 9.13 Å². The van der Waals surface area contributed by atoms with Gasteiger partial charge in [-0.3, -0.25) is 4.90 Å². The van der Waals surface area contributed by atoms with E-state index in [1.165, 1.54) is 17.5 Å². The zero-order valence-corrected chi connectivity index (χ0v) is 18.8. The lowest BCUT2D eigenvalue weighted by Crippen LogP contribution is -2.41. The largest absolute Gasteiger partial charge is 0.473 e. The molecule has 5 rings (SSSR count). The van der Waals surface area contributed by atoms with Crippen LogP contribution in [0.3, 0.4) is 0 Å². The monoisotopic (exact) mass is 445 g/mol. The number of pyridine rings is 1. The molecule has 1 N–H and O–H groups in total. The number of likely N-dealkylation sites (tertiary alicyclic amines) is 1. The second-order valence-electron chi connectivity index (χ2n) is 8.94. The normalized spacial score (nSPS) is 21.0. The number of nitrogens with one attached hydrogen (secondary N) is 1. The molecule has 2 aromatic rings. The highest BCUT2D eigenvalue weighted by atomic mass is 19.1. The minimum absolute atomic E-state index is 0.0848. The van der Waals surface area contributed by atoms with E-state index in [0.29, 0.717) is 29.0 Å². The number of piperidine rings is 1. The van der Waals surface area contributed by atoms with E-state index < -0.39 is 5.82 Å². The molecule has 1 fully saturated rings. The summed E-state index contributed by atoms with van der Waals surface area (Å²) in [5.41, 5.74) is 4.43. The molecule has 33 heavy (non-hydrogen) atoms. The number of ether oxygens (including phenoxy) is 1. The van der Waals surface area contributed by atoms with Gasteiger partial charge in [-0.15, -0.1) is 0 Å².